The number of nitrogens with zero attached hydrogens (tertiary/aromatic N) is 2. The Morgan fingerprint density at radius 3 is 1.89 bits per heavy atom. The van der Waals surface area contributed by atoms with Crippen LogP contribution in [-0.4, -0.2) is 60.3 Å². The fourth-order valence-corrected chi connectivity index (χ4v) is 8.97. The number of hydrogen-bond acceptors (Lipinski definition) is 7. The van der Waals surface area contributed by atoms with Gasteiger partial charge in [0.15, 0.2) is 0 Å². The van der Waals surface area contributed by atoms with Crippen molar-refractivity contribution in [3.8, 4) is 17.2 Å². The molecule has 3 atom stereocenters. The third kappa shape index (κ3) is 8.02. The zero-order chi connectivity index (χ0) is 33.8. The Morgan fingerprint density at radius 2 is 1.36 bits per heavy atom. The minimum Gasteiger partial charge on any atom is -0.497 e. The summed E-state index contributed by atoms with van der Waals surface area (Å²) in [5.41, 5.74) is 2.68. The van der Waals surface area contributed by atoms with Crippen LogP contribution >= 0.6 is 11.6 Å². The van der Waals surface area contributed by atoms with Gasteiger partial charge in [-0.3, -0.25) is 0 Å². The molecule has 1 fully saturated rings. The number of nitrogens with two attached hydrogens (primary N) is 1. The van der Waals surface area contributed by atoms with Crippen molar-refractivity contribution in [3.05, 3.63) is 119 Å². The van der Waals surface area contributed by atoms with E-state index in [1.165, 1.54) is 8.61 Å². The standard InChI is InChI=1S/C34H38ClN3O7S2/c1-43-30-15-7-24(8-16-30)19-29(22-33(46(36,39)40)20-25-9-17-31(44-2)18-10-25)37-23-34(26-5-4-6-32(21-26)45-3)38(47(37,41)42)28-13-11-27(35)12-14-28/h4-18,21,29,33-34H,19-20,22-23H2,1-3H3,(H2,36,39,40). The fourth-order valence-electron chi connectivity index (χ4n) is 5.94. The predicted octanol–water partition coefficient (Wildman–Crippen LogP) is 5.38. The van der Waals surface area contributed by atoms with Gasteiger partial charge in [-0.25, -0.2) is 17.9 Å². The van der Waals surface area contributed by atoms with Gasteiger partial charge in [-0.05, 0) is 96.6 Å². The highest BCUT2D eigenvalue weighted by atomic mass is 35.5. The molecule has 3 unspecified atom stereocenters. The number of anilines is 1. The molecule has 1 saturated heterocycles. The molecule has 0 aromatic heterocycles. The molecule has 1 heterocycles. The summed E-state index contributed by atoms with van der Waals surface area (Å²) in [5, 5.41) is 5.23. The smallest absolute Gasteiger partial charge is 0.305 e. The Bertz CT molecular complexity index is 1870. The summed E-state index contributed by atoms with van der Waals surface area (Å²) >= 11 is 6.18. The zero-order valence-electron chi connectivity index (χ0n) is 26.3. The molecule has 250 valence electrons. The fraction of sp³-hybridized carbons (Fsp3) is 0.294. The van der Waals surface area contributed by atoms with Gasteiger partial charge in [0, 0.05) is 17.6 Å². The van der Waals surface area contributed by atoms with Crippen molar-refractivity contribution in [2.24, 2.45) is 5.14 Å². The van der Waals surface area contributed by atoms with Gasteiger partial charge < -0.3 is 14.2 Å². The summed E-state index contributed by atoms with van der Waals surface area (Å²) in [6, 6.07) is 26.8. The van der Waals surface area contributed by atoms with Gasteiger partial charge in [0.05, 0.1) is 38.3 Å². The van der Waals surface area contributed by atoms with Gasteiger partial charge in [0.2, 0.25) is 10.0 Å². The maximum Gasteiger partial charge on any atom is 0.305 e. The van der Waals surface area contributed by atoms with E-state index < -0.39 is 37.6 Å². The van der Waals surface area contributed by atoms with Gasteiger partial charge in [-0.1, -0.05) is 48.0 Å². The monoisotopic (exact) mass is 699 g/mol. The molecule has 0 saturated carbocycles. The van der Waals surface area contributed by atoms with Crippen LogP contribution in [0.2, 0.25) is 5.02 Å². The van der Waals surface area contributed by atoms with Crippen LogP contribution in [0, 0.1) is 0 Å². The summed E-state index contributed by atoms with van der Waals surface area (Å²) in [5.74, 6) is 1.86. The molecule has 0 bridgehead atoms. The zero-order valence-corrected chi connectivity index (χ0v) is 28.7. The molecule has 0 radical (unpaired) electrons. The van der Waals surface area contributed by atoms with Gasteiger partial charge >= 0.3 is 10.2 Å². The van der Waals surface area contributed by atoms with Crippen molar-refractivity contribution in [1.29, 1.82) is 0 Å². The molecular formula is C34H38ClN3O7S2. The quantitative estimate of drug-likeness (QED) is 0.199. The number of hydrogen-bond donors (Lipinski definition) is 1. The largest absolute Gasteiger partial charge is 0.497 e. The van der Waals surface area contributed by atoms with E-state index in [0.717, 1.165) is 16.7 Å². The second kappa shape index (κ2) is 14.5. The van der Waals surface area contributed by atoms with E-state index in [9.17, 15) is 16.8 Å². The van der Waals surface area contributed by atoms with Crippen molar-refractivity contribution >= 4 is 37.5 Å². The van der Waals surface area contributed by atoms with E-state index in [2.05, 4.69) is 0 Å². The number of sulfonamides is 1. The number of methoxy groups -OCH3 is 3. The van der Waals surface area contributed by atoms with Crippen molar-refractivity contribution < 1.29 is 31.0 Å². The molecule has 4 aromatic rings. The maximum atomic E-state index is 14.7. The van der Waals surface area contributed by atoms with Gasteiger partial charge in [0.25, 0.3) is 0 Å². The van der Waals surface area contributed by atoms with Gasteiger partial charge in [-0.2, -0.15) is 12.7 Å². The van der Waals surface area contributed by atoms with Crippen LogP contribution in [0.3, 0.4) is 0 Å². The molecule has 10 nitrogen and oxygen atoms in total. The number of benzene rings is 4. The van der Waals surface area contributed by atoms with Crippen LogP contribution in [-0.2, 0) is 33.1 Å². The van der Waals surface area contributed by atoms with Crippen molar-refractivity contribution in [1.82, 2.24) is 4.31 Å². The lowest BCUT2D eigenvalue weighted by Crippen LogP contribution is -2.45. The lowest BCUT2D eigenvalue weighted by molar-refractivity contribution is 0.308. The molecular weight excluding hydrogens is 662 g/mol. The summed E-state index contributed by atoms with van der Waals surface area (Å²) < 4.78 is 74.4. The van der Waals surface area contributed by atoms with Crippen LogP contribution in [0.1, 0.15) is 29.2 Å². The van der Waals surface area contributed by atoms with Crippen molar-refractivity contribution in [3.63, 3.8) is 0 Å². The highest BCUT2D eigenvalue weighted by Crippen LogP contribution is 2.41. The summed E-state index contributed by atoms with van der Waals surface area (Å²) in [6.07, 6.45) is 0.280. The first kappa shape index (κ1) is 34.5. The Morgan fingerprint density at radius 1 is 0.809 bits per heavy atom. The molecule has 2 N–H and O–H groups in total. The highest BCUT2D eigenvalue weighted by molar-refractivity contribution is 7.91. The molecule has 1 aliphatic rings. The predicted molar refractivity (Wildman–Crippen MR) is 184 cm³/mol. The SMILES string of the molecule is COc1ccc(CC(CC(Cc2ccc(OC)cc2)S(N)(=O)=O)N2CC(c3cccc(OC)c3)N(c3ccc(Cl)cc3)S2(=O)=O)cc1. The highest BCUT2D eigenvalue weighted by Gasteiger charge is 2.48. The second-order valence-corrected chi connectivity index (χ2v) is 15.4. The van der Waals surface area contributed by atoms with Crippen LogP contribution in [0.5, 0.6) is 17.2 Å². The van der Waals surface area contributed by atoms with Crippen molar-refractivity contribution in [2.75, 3.05) is 32.2 Å². The molecule has 0 aliphatic carbocycles. The second-order valence-electron chi connectivity index (χ2n) is 11.3. The van der Waals surface area contributed by atoms with E-state index in [-0.39, 0.29) is 25.8 Å². The lowest BCUT2D eigenvalue weighted by atomic mass is 9.97. The maximum absolute atomic E-state index is 14.7. The van der Waals surface area contributed by atoms with Crippen LogP contribution < -0.4 is 23.7 Å². The molecule has 4 aromatic carbocycles. The van der Waals surface area contributed by atoms with E-state index in [4.69, 9.17) is 31.0 Å². The lowest BCUT2D eigenvalue weighted by Gasteiger charge is -2.30. The summed E-state index contributed by atoms with van der Waals surface area (Å²) in [7, 11) is -3.65. The van der Waals surface area contributed by atoms with E-state index in [0.29, 0.717) is 28.0 Å². The van der Waals surface area contributed by atoms with Crippen molar-refractivity contribution in [2.45, 2.75) is 36.6 Å². The first-order valence-corrected chi connectivity index (χ1v) is 18.3. The normalized spacial score (nSPS) is 17.6. The topological polar surface area (TPSA) is 128 Å². The molecule has 5 rings (SSSR count). The first-order valence-electron chi connectivity index (χ1n) is 14.9. The Kier molecular flexibility index (Phi) is 10.7. The average Bonchev–Trinajstić information content (AvgIpc) is 3.35. The number of primary sulfonamides is 1. The van der Waals surface area contributed by atoms with E-state index in [1.54, 1.807) is 88.1 Å². The van der Waals surface area contributed by atoms with Gasteiger partial charge in [0.1, 0.15) is 17.2 Å². The van der Waals surface area contributed by atoms with E-state index >= 15 is 0 Å². The number of ether oxygens (including phenoxy) is 3. The number of rotatable bonds is 13. The molecule has 0 amide bonds. The Balaban J connectivity index is 1.59. The third-order valence-corrected chi connectivity index (χ3v) is 11.9. The minimum absolute atomic E-state index is 0.0462. The molecule has 1 aliphatic heterocycles. The Labute approximate surface area is 281 Å². The molecule has 13 heteroatoms. The van der Waals surface area contributed by atoms with Crippen LogP contribution in [0.25, 0.3) is 0 Å². The van der Waals surface area contributed by atoms with Crippen LogP contribution in [0.15, 0.2) is 97.1 Å². The number of halogens is 1. The molecule has 0 spiro atoms. The van der Waals surface area contributed by atoms with E-state index in [1.807, 2.05) is 30.3 Å². The average molecular weight is 700 g/mol. The van der Waals surface area contributed by atoms with Gasteiger partial charge in [-0.15, -0.1) is 0 Å². The molecule has 47 heavy (non-hydrogen) atoms. The summed E-state index contributed by atoms with van der Waals surface area (Å²) in [6.45, 7) is 0.0544. The van der Waals surface area contributed by atoms with Crippen LogP contribution in [0.4, 0.5) is 5.69 Å². The summed E-state index contributed by atoms with van der Waals surface area (Å²) in [4.78, 5) is 0. The minimum atomic E-state index is -4.21. The third-order valence-electron chi connectivity index (χ3n) is 8.40. The Hall–Kier alpha value is -3.81. The first-order chi connectivity index (χ1) is 22.4.